The molecule has 0 fully saturated rings. The number of aromatic amines is 1. The second kappa shape index (κ2) is 8.08. The molecule has 1 aliphatic rings. The van der Waals surface area contributed by atoms with E-state index in [9.17, 15) is 9.90 Å². The molecule has 10 heteroatoms. The van der Waals surface area contributed by atoms with Gasteiger partial charge in [0.05, 0.1) is 5.69 Å². The zero-order valence-corrected chi connectivity index (χ0v) is 16.9. The first-order chi connectivity index (χ1) is 15.5. The van der Waals surface area contributed by atoms with Crippen LogP contribution in [0.1, 0.15) is 10.4 Å². The molecule has 0 saturated heterocycles. The summed E-state index contributed by atoms with van der Waals surface area (Å²) in [5.74, 6) is 0.602. The number of β-amino-alcohol motifs (C(OH)–C–C–N with tert-alkyl or cyclic N) is 1. The highest BCUT2D eigenvalue weighted by molar-refractivity contribution is 5.98. The number of aliphatic hydroxyl groups is 1. The Labute approximate surface area is 182 Å². The number of carbonyl (C=O) groups is 1. The van der Waals surface area contributed by atoms with E-state index >= 15 is 0 Å². The van der Waals surface area contributed by atoms with E-state index in [1.54, 1.807) is 6.07 Å². The molecule has 0 spiro atoms. The van der Waals surface area contributed by atoms with Crippen LogP contribution in [0, 0.1) is 0 Å². The number of H-pyrrole nitrogens is 1. The second-order valence-electron chi connectivity index (χ2n) is 7.41. The molecule has 0 unspecified atom stereocenters. The van der Waals surface area contributed by atoms with Crippen molar-refractivity contribution in [1.29, 1.82) is 0 Å². The molecule has 162 valence electrons. The van der Waals surface area contributed by atoms with Crippen molar-refractivity contribution < 1.29 is 14.6 Å². The number of hydrogen-bond donors (Lipinski definition) is 6. The average Bonchev–Trinajstić information content (AvgIpc) is 3.16. The fourth-order valence-corrected chi connectivity index (χ4v) is 3.46. The highest BCUT2D eigenvalue weighted by Gasteiger charge is 2.16. The quantitative estimate of drug-likeness (QED) is 0.282. The van der Waals surface area contributed by atoms with E-state index in [4.69, 9.17) is 10.5 Å². The first-order valence-electron chi connectivity index (χ1n) is 10.0. The molecule has 32 heavy (non-hydrogen) atoms. The van der Waals surface area contributed by atoms with Gasteiger partial charge >= 0.3 is 0 Å². The van der Waals surface area contributed by atoms with Gasteiger partial charge in [0, 0.05) is 41.2 Å². The molecule has 4 aromatic rings. The number of primary amides is 1. The van der Waals surface area contributed by atoms with Gasteiger partial charge in [0.25, 0.3) is 5.91 Å². The maximum absolute atomic E-state index is 11.9. The molecule has 5 rings (SSSR count). The van der Waals surface area contributed by atoms with Gasteiger partial charge in [0.2, 0.25) is 5.95 Å². The van der Waals surface area contributed by atoms with Gasteiger partial charge in [0.15, 0.2) is 0 Å². The van der Waals surface area contributed by atoms with Crippen LogP contribution in [-0.4, -0.2) is 45.2 Å². The lowest BCUT2D eigenvalue weighted by Gasteiger charge is -2.13. The first kappa shape index (κ1) is 19.6. The number of nitrogens with zero attached hydrogens (tertiary/aromatic N) is 2. The molecular weight excluding hydrogens is 410 g/mol. The smallest absolute Gasteiger partial charge is 0.254 e. The topological polar surface area (TPSA) is 150 Å². The number of anilines is 5. The van der Waals surface area contributed by atoms with Crippen molar-refractivity contribution in [3.63, 3.8) is 0 Å². The molecule has 7 N–H and O–H groups in total. The number of carbonyl (C=O) groups excluding carboxylic acids is 1. The predicted octanol–water partition coefficient (Wildman–Crippen LogP) is 2.71. The molecule has 10 nitrogen and oxygen atoms in total. The first-order valence-corrected chi connectivity index (χ1v) is 10.0. The molecule has 1 aliphatic heterocycles. The molecule has 0 bridgehead atoms. The van der Waals surface area contributed by atoms with Crippen molar-refractivity contribution in [3.05, 3.63) is 60.4 Å². The van der Waals surface area contributed by atoms with Gasteiger partial charge in [-0.15, -0.1) is 0 Å². The van der Waals surface area contributed by atoms with Gasteiger partial charge in [-0.3, -0.25) is 4.79 Å². The normalized spacial score (nSPS) is 15.2. The summed E-state index contributed by atoms with van der Waals surface area (Å²) in [6, 6.07) is 13.2. The largest absolute Gasteiger partial charge is 0.489 e. The maximum Gasteiger partial charge on any atom is 0.254 e. The summed E-state index contributed by atoms with van der Waals surface area (Å²) in [5.41, 5.74) is 8.92. The Morgan fingerprint density at radius 3 is 2.88 bits per heavy atom. The summed E-state index contributed by atoms with van der Waals surface area (Å²) in [6.07, 6.45) is 2.66. The van der Waals surface area contributed by atoms with E-state index in [-0.39, 0.29) is 18.1 Å². The van der Waals surface area contributed by atoms with Crippen LogP contribution in [0.15, 0.2) is 54.9 Å². The maximum atomic E-state index is 11.9. The van der Waals surface area contributed by atoms with Crippen molar-refractivity contribution in [2.45, 2.75) is 6.10 Å². The lowest BCUT2D eigenvalue weighted by atomic mass is 10.2. The lowest BCUT2D eigenvalue weighted by Crippen LogP contribution is -2.23. The van der Waals surface area contributed by atoms with E-state index in [0.29, 0.717) is 23.8 Å². The molecule has 3 heterocycles. The zero-order chi connectivity index (χ0) is 22.1. The highest BCUT2D eigenvalue weighted by atomic mass is 16.5. The Morgan fingerprint density at radius 2 is 2.00 bits per heavy atom. The van der Waals surface area contributed by atoms with E-state index in [2.05, 4.69) is 30.9 Å². The Bertz CT molecular complexity index is 1300. The average molecular weight is 431 g/mol. The third-order valence-electron chi connectivity index (χ3n) is 5.07. The van der Waals surface area contributed by atoms with E-state index in [1.165, 1.54) is 6.20 Å². The Balaban J connectivity index is 1.42. The number of fused-ring (bicyclic) bond motifs is 2. The summed E-state index contributed by atoms with van der Waals surface area (Å²) < 4.78 is 5.58. The number of hydrogen-bond acceptors (Lipinski definition) is 8. The van der Waals surface area contributed by atoms with Crippen LogP contribution in [0.5, 0.6) is 5.75 Å². The van der Waals surface area contributed by atoms with E-state index in [1.807, 2.05) is 42.6 Å². The number of ether oxygens (including phenoxy) is 1. The van der Waals surface area contributed by atoms with E-state index < -0.39 is 12.0 Å². The van der Waals surface area contributed by atoms with Crippen molar-refractivity contribution in [2.75, 3.05) is 29.1 Å². The molecule has 0 saturated carbocycles. The monoisotopic (exact) mass is 431 g/mol. The third-order valence-corrected chi connectivity index (χ3v) is 5.07. The Hall–Kier alpha value is -4.31. The van der Waals surface area contributed by atoms with Crippen LogP contribution in [0.4, 0.5) is 28.8 Å². The molecule has 2 aromatic heterocycles. The van der Waals surface area contributed by atoms with Gasteiger partial charge in [-0.2, -0.15) is 4.98 Å². The lowest BCUT2D eigenvalue weighted by molar-refractivity contribution is 0.100. The summed E-state index contributed by atoms with van der Waals surface area (Å²) in [6.45, 7) is 0.619. The molecule has 2 aromatic carbocycles. The van der Waals surface area contributed by atoms with Gasteiger partial charge in [-0.05, 0) is 42.5 Å². The minimum Gasteiger partial charge on any atom is -0.489 e. The fourth-order valence-electron chi connectivity index (χ4n) is 3.46. The van der Waals surface area contributed by atoms with Crippen LogP contribution in [-0.2, 0) is 0 Å². The molecule has 1 amide bonds. The molecule has 0 radical (unpaired) electrons. The minimum absolute atomic E-state index is 0.177. The summed E-state index contributed by atoms with van der Waals surface area (Å²) in [5, 5.41) is 20.2. The summed E-state index contributed by atoms with van der Waals surface area (Å²) in [7, 11) is 0. The van der Waals surface area contributed by atoms with Gasteiger partial charge in [-0.1, -0.05) is 0 Å². The Morgan fingerprint density at radius 1 is 1.16 bits per heavy atom. The van der Waals surface area contributed by atoms with Gasteiger partial charge < -0.3 is 36.5 Å². The minimum atomic E-state index is -0.633. The predicted molar refractivity (Wildman–Crippen MR) is 122 cm³/mol. The van der Waals surface area contributed by atoms with Crippen LogP contribution in [0.25, 0.3) is 10.9 Å². The summed E-state index contributed by atoms with van der Waals surface area (Å²) in [4.78, 5) is 23.7. The second-order valence-corrected chi connectivity index (χ2v) is 7.41. The van der Waals surface area contributed by atoms with Gasteiger partial charge in [0.1, 0.15) is 29.8 Å². The number of aliphatic hydroxyl groups excluding tert-OH is 1. The van der Waals surface area contributed by atoms with E-state index in [0.717, 1.165) is 22.3 Å². The highest BCUT2D eigenvalue weighted by Crippen LogP contribution is 2.31. The SMILES string of the molecule is NC(=O)c1cnc(Nc2ccc3c(c2)NC[C@H](O)CO3)nc1Nc1ccc2[nH]ccc2c1. The van der Waals surface area contributed by atoms with Crippen molar-refractivity contribution in [3.8, 4) is 5.75 Å². The van der Waals surface area contributed by atoms with Crippen LogP contribution >= 0.6 is 0 Å². The number of amides is 1. The Kier molecular flexibility index (Phi) is 4.96. The van der Waals surface area contributed by atoms with Crippen molar-refractivity contribution >= 4 is 45.6 Å². The van der Waals surface area contributed by atoms with Gasteiger partial charge in [-0.25, -0.2) is 4.98 Å². The number of nitrogens with two attached hydrogens (primary N) is 1. The zero-order valence-electron chi connectivity index (χ0n) is 16.9. The van der Waals surface area contributed by atoms with Crippen molar-refractivity contribution in [1.82, 2.24) is 15.0 Å². The number of nitrogens with one attached hydrogen (secondary N) is 4. The molecular formula is C22H21N7O3. The fraction of sp³-hybridized carbons (Fsp3) is 0.136. The van der Waals surface area contributed by atoms with Crippen molar-refractivity contribution in [2.24, 2.45) is 5.73 Å². The number of aromatic nitrogens is 3. The standard InChI is InChI=1S/C22H21N7O3/c23-20(31)16-10-26-22(28-14-2-4-19-18(8-14)25-9-15(30)11-32-19)29-21(16)27-13-1-3-17-12(7-13)5-6-24-17/h1-8,10,15,24-25,30H,9,11H2,(H2,23,31)(H2,26,27,28,29)/t15-/m0/s1. The molecule has 0 aliphatic carbocycles. The third kappa shape index (κ3) is 3.98. The van der Waals surface area contributed by atoms with Crippen LogP contribution < -0.4 is 26.4 Å². The van der Waals surface area contributed by atoms with Crippen LogP contribution in [0.2, 0.25) is 0 Å². The molecule has 1 atom stereocenters. The number of rotatable bonds is 5. The van der Waals surface area contributed by atoms with Crippen LogP contribution in [0.3, 0.4) is 0 Å². The summed E-state index contributed by atoms with van der Waals surface area (Å²) >= 11 is 0. The number of benzene rings is 2.